The van der Waals surface area contributed by atoms with Crippen LogP contribution in [0.15, 0.2) is 34.9 Å². The van der Waals surface area contributed by atoms with Crippen molar-refractivity contribution in [1.29, 1.82) is 0 Å². The molecule has 2 aromatic rings. The van der Waals surface area contributed by atoms with E-state index in [2.05, 4.69) is 19.2 Å². The molecule has 0 aliphatic carbocycles. The molecule has 2 rings (SSSR count). The fourth-order valence-corrected chi connectivity index (χ4v) is 1.85. The van der Waals surface area contributed by atoms with Gasteiger partial charge < -0.3 is 14.5 Å². The highest BCUT2D eigenvalue weighted by Crippen LogP contribution is 2.22. The molecule has 0 aliphatic rings. The average Bonchev–Trinajstić information content (AvgIpc) is 2.85. The zero-order chi connectivity index (χ0) is 14.5. The van der Waals surface area contributed by atoms with Gasteiger partial charge in [-0.15, -0.1) is 0 Å². The molecule has 5 heteroatoms. The quantitative estimate of drug-likeness (QED) is 0.870. The van der Waals surface area contributed by atoms with Gasteiger partial charge in [0.2, 0.25) is 0 Å². The molecular formula is C15H17ClFNO2. The minimum absolute atomic E-state index is 0.0522. The minimum Gasteiger partial charge on any atom is -0.489 e. The highest BCUT2D eigenvalue weighted by atomic mass is 35.5. The van der Waals surface area contributed by atoms with E-state index in [1.54, 1.807) is 12.3 Å². The molecule has 0 aliphatic heterocycles. The monoisotopic (exact) mass is 297 g/mol. The average molecular weight is 298 g/mol. The molecule has 0 unspecified atom stereocenters. The summed E-state index contributed by atoms with van der Waals surface area (Å²) in [4.78, 5) is 0. The maximum Gasteiger partial charge on any atom is 0.142 e. The van der Waals surface area contributed by atoms with Crippen LogP contribution < -0.4 is 10.1 Å². The Hall–Kier alpha value is -1.52. The number of ether oxygens (including phenoxy) is 1. The maximum absolute atomic E-state index is 13.0. The van der Waals surface area contributed by atoms with Gasteiger partial charge in [0.1, 0.15) is 23.9 Å². The third-order valence-electron chi connectivity index (χ3n) is 2.79. The van der Waals surface area contributed by atoms with E-state index in [-0.39, 0.29) is 5.02 Å². The van der Waals surface area contributed by atoms with E-state index < -0.39 is 5.82 Å². The van der Waals surface area contributed by atoms with Crippen LogP contribution in [0, 0.1) is 5.82 Å². The van der Waals surface area contributed by atoms with Crippen LogP contribution in [0.2, 0.25) is 5.02 Å². The summed E-state index contributed by atoms with van der Waals surface area (Å²) in [5.74, 6) is 0.913. The molecule has 0 atom stereocenters. The second-order valence-electron chi connectivity index (χ2n) is 4.77. The van der Waals surface area contributed by atoms with Crippen molar-refractivity contribution in [2.24, 2.45) is 0 Å². The van der Waals surface area contributed by atoms with Gasteiger partial charge >= 0.3 is 0 Å². The molecule has 3 nitrogen and oxygen atoms in total. The Bertz CT molecular complexity index is 569. The second kappa shape index (κ2) is 6.77. The molecule has 1 aromatic heterocycles. The lowest BCUT2D eigenvalue weighted by Gasteiger charge is -2.09. The molecular weight excluding hydrogens is 281 g/mol. The lowest BCUT2D eigenvalue weighted by atomic mass is 10.2. The fraction of sp³-hybridized carbons (Fsp3) is 0.333. The van der Waals surface area contributed by atoms with Crippen LogP contribution in [0.1, 0.15) is 25.2 Å². The number of benzene rings is 1. The van der Waals surface area contributed by atoms with Crippen LogP contribution >= 0.6 is 11.6 Å². The third kappa shape index (κ3) is 3.99. The molecule has 0 saturated heterocycles. The summed E-state index contributed by atoms with van der Waals surface area (Å²) in [5, 5.41) is 3.34. The van der Waals surface area contributed by atoms with Crippen LogP contribution in [0.4, 0.5) is 4.39 Å². The van der Waals surface area contributed by atoms with Crippen LogP contribution in [0.25, 0.3) is 0 Å². The van der Waals surface area contributed by atoms with Crippen LogP contribution in [0.5, 0.6) is 5.75 Å². The Kier molecular flexibility index (Phi) is 5.04. The summed E-state index contributed by atoms with van der Waals surface area (Å²) in [6.07, 6.45) is 1.63. The molecule has 1 aromatic carbocycles. The molecule has 0 saturated carbocycles. The summed E-state index contributed by atoms with van der Waals surface area (Å²) >= 11 is 5.71. The highest BCUT2D eigenvalue weighted by molar-refractivity contribution is 6.30. The Balaban J connectivity index is 1.96. The summed E-state index contributed by atoms with van der Waals surface area (Å²) in [6.45, 7) is 5.14. The topological polar surface area (TPSA) is 34.4 Å². The number of furan rings is 1. The first-order valence-electron chi connectivity index (χ1n) is 6.42. The predicted octanol–water partition coefficient (Wildman–Crippen LogP) is 4.15. The van der Waals surface area contributed by atoms with Gasteiger partial charge in [-0.2, -0.15) is 0 Å². The van der Waals surface area contributed by atoms with Gasteiger partial charge in [0.15, 0.2) is 0 Å². The molecule has 0 radical (unpaired) electrons. The molecule has 0 spiro atoms. The largest absolute Gasteiger partial charge is 0.489 e. The van der Waals surface area contributed by atoms with Crippen molar-refractivity contribution in [3.05, 3.63) is 52.7 Å². The lowest BCUT2D eigenvalue weighted by molar-refractivity contribution is 0.300. The van der Waals surface area contributed by atoms with Gasteiger partial charge in [0.25, 0.3) is 0 Å². The predicted molar refractivity (Wildman–Crippen MR) is 76.4 cm³/mol. The van der Waals surface area contributed by atoms with Gasteiger partial charge in [-0.3, -0.25) is 0 Å². The molecule has 0 amide bonds. The zero-order valence-corrected chi connectivity index (χ0v) is 12.2. The van der Waals surface area contributed by atoms with Crippen molar-refractivity contribution in [3.8, 4) is 5.75 Å². The normalized spacial score (nSPS) is 11.1. The van der Waals surface area contributed by atoms with Crippen molar-refractivity contribution in [2.45, 2.75) is 33.0 Å². The smallest absolute Gasteiger partial charge is 0.142 e. The van der Waals surface area contributed by atoms with E-state index >= 15 is 0 Å². The van der Waals surface area contributed by atoms with E-state index in [4.69, 9.17) is 20.8 Å². The minimum atomic E-state index is -0.454. The molecule has 1 heterocycles. The first kappa shape index (κ1) is 14.9. The zero-order valence-electron chi connectivity index (χ0n) is 11.5. The number of rotatable bonds is 6. The van der Waals surface area contributed by atoms with Crippen molar-refractivity contribution in [2.75, 3.05) is 0 Å². The molecule has 0 fully saturated rings. The van der Waals surface area contributed by atoms with Crippen LogP contribution in [0.3, 0.4) is 0 Å². The highest BCUT2D eigenvalue weighted by Gasteiger charge is 2.08. The van der Waals surface area contributed by atoms with E-state index in [0.29, 0.717) is 24.9 Å². The summed E-state index contributed by atoms with van der Waals surface area (Å²) in [6, 6.07) is 6.54. The van der Waals surface area contributed by atoms with Crippen LogP contribution in [-0.2, 0) is 13.2 Å². The second-order valence-corrected chi connectivity index (χ2v) is 5.18. The van der Waals surface area contributed by atoms with Gasteiger partial charge in [0.05, 0.1) is 17.8 Å². The number of hydrogen-bond donors (Lipinski definition) is 1. The van der Waals surface area contributed by atoms with E-state index in [9.17, 15) is 4.39 Å². The van der Waals surface area contributed by atoms with Crippen molar-refractivity contribution in [1.82, 2.24) is 5.32 Å². The molecule has 0 bridgehead atoms. The van der Waals surface area contributed by atoms with E-state index in [0.717, 1.165) is 11.3 Å². The maximum atomic E-state index is 13.0. The lowest BCUT2D eigenvalue weighted by Crippen LogP contribution is -2.22. The van der Waals surface area contributed by atoms with Gasteiger partial charge in [-0.05, 0) is 18.2 Å². The Morgan fingerprint density at radius 1 is 1.35 bits per heavy atom. The summed E-state index contributed by atoms with van der Waals surface area (Å²) in [7, 11) is 0. The first-order valence-corrected chi connectivity index (χ1v) is 6.80. The van der Waals surface area contributed by atoms with Gasteiger partial charge in [0, 0.05) is 17.7 Å². The van der Waals surface area contributed by atoms with Gasteiger partial charge in [-0.25, -0.2) is 4.39 Å². The first-order chi connectivity index (χ1) is 9.56. The van der Waals surface area contributed by atoms with E-state index in [1.807, 2.05) is 6.07 Å². The molecule has 20 heavy (non-hydrogen) atoms. The number of hydrogen-bond acceptors (Lipinski definition) is 3. The molecule has 1 N–H and O–H groups in total. The Morgan fingerprint density at radius 2 is 2.15 bits per heavy atom. The molecule has 108 valence electrons. The Labute approximate surface area is 122 Å². The summed E-state index contributed by atoms with van der Waals surface area (Å²) in [5.41, 5.74) is 0.957. The van der Waals surface area contributed by atoms with E-state index in [1.165, 1.54) is 12.1 Å². The number of nitrogens with one attached hydrogen (secondary N) is 1. The van der Waals surface area contributed by atoms with Gasteiger partial charge in [-0.1, -0.05) is 25.4 Å². The standard InChI is InChI=1S/C15H17ClFNO2/c1-10(2)18-8-15-11(5-6-19-15)9-20-12-3-4-14(17)13(16)7-12/h3-7,10,18H,8-9H2,1-2H3. The SMILES string of the molecule is CC(C)NCc1occc1COc1ccc(F)c(Cl)c1. The van der Waals surface area contributed by atoms with Crippen molar-refractivity contribution < 1.29 is 13.5 Å². The summed E-state index contributed by atoms with van der Waals surface area (Å²) < 4.78 is 24.1. The Morgan fingerprint density at radius 3 is 2.85 bits per heavy atom. The van der Waals surface area contributed by atoms with Crippen molar-refractivity contribution >= 4 is 11.6 Å². The fourth-order valence-electron chi connectivity index (χ4n) is 1.68. The van der Waals surface area contributed by atoms with Crippen LogP contribution in [-0.4, -0.2) is 6.04 Å². The number of halogens is 2. The third-order valence-corrected chi connectivity index (χ3v) is 3.08. The van der Waals surface area contributed by atoms with Crippen molar-refractivity contribution in [3.63, 3.8) is 0 Å².